The summed E-state index contributed by atoms with van der Waals surface area (Å²) < 4.78 is 16.2. The fourth-order valence-corrected chi connectivity index (χ4v) is 5.80. The number of rotatable bonds is 8. The highest BCUT2D eigenvalue weighted by molar-refractivity contribution is 7.99. The van der Waals surface area contributed by atoms with Gasteiger partial charge in [-0.15, -0.1) is 23.1 Å². The number of carbonyl (C=O) groups excluding carboxylic acids is 2. The molecule has 3 rings (SSSR count). The fourth-order valence-electron chi connectivity index (χ4n) is 3.40. The van der Waals surface area contributed by atoms with Gasteiger partial charge in [-0.2, -0.15) is 0 Å². The molecule has 31 heavy (non-hydrogen) atoms. The number of thiophene rings is 1. The maximum Gasteiger partial charge on any atom is 0.256 e. The molecule has 1 saturated heterocycles. The Hall–Kier alpha value is -2.39. The Morgan fingerprint density at radius 1 is 1.19 bits per heavy atom. The maximum absolute atomic E-state index is 13.7. The molecule has 0 spiro atoms. The van der Waals surface area contributed by atoms with Crippen LogP contribution in [0.1, 0.15) is 40.9 Å². The Bertz CT molecular complexity index is 894. The number of nitrogens with zero attached hydrogens (tertiary/aromatic N) is 1. The average molecular weight is 465 g/mol. The number of methoxy groups -OCH3 is 3. The Morgan fingerprint density at radius 3 is 2.39 bits per heavy atom. The molecule has 0 saturated carbocycles. The van der Waals surface area contributed by atoms with Gasteiger partial charge in [-0.25, -0.2) is 0 Å². The molecule has 1 aliphatic rings. The van der Waals surface area contributed by atoms with E-state index in [1.165, 1.54) is 21.3 Å². The van der Waals surface area contributed by atoms with Crippen molar-refractivity contribution in [1.82, 2.24) is 10.2 Å². The van der Waals surface area contributed by atoms with Gasteiger partial charge >= 0.3 is 0 Å². The molecule has 0 bridgehead atoms. The maximum atomic E-state index is 13.7. The van der Waals surface area contributed by atoms with E-state index in [4.69, 9.17) is 14.2 Å². The van der Waals surface area contributed by atoms with E-state index < -0.39 is 6.04 Å². The molecule has 1 aliphatic heterocycles. The summed E-state index contributed by atoms with van der Waals surface area (Å²) in [4.78, 5) is 29.5. The highest BCUT2D eigenvalue weighted by atomic mass is 32.2. The third-order valence-corrected chi connectivity index (χ3v) is 7.62. The summed E-state index contributed by atoms with van der Waals surface area (Å²) in [5.41, 5.74) is 0.375. The van der Waals surface area contributed by atoms with Crippen molar-refractivity contribution in [1.29, 1.82) is 0 Å². The summed E-state index contributed by atoms with van der Waals surface area (Å²) in [6.07, 6.45) is 0.820. The number of hydrogen-bond acceptors (Lipinski definition) is 7. The molecule has 168 valence electrons. The summed E-state index contributed by atoms with van der Waals surface area (Å²) in [5, 5.41) is 4.76. The lowest BCUT2D eigenvalue weighted by molar-refractivity contribution is -0.125. The second-order valence-electron chi connectivity index (χ2n) is 7.16. The minimum Gasteiger partial charge on any atom is -0.493 e. The van der Waals surface area contributed by atoms with Crippen molar-refractivity contribution in [2.24, 2.45) is 0 Å². The number of amides is 2. The van der Waals surface area contributed by atoms with Gasteiger partial charge < -0.3 is 24.4 Å². The molecule has 9 heteroatoms. The van der Waals surface area contributed by atoms with E-state index >= 15 is 0 Å². The molecule has 2 amide bonds. The van der Waals surface area contributed by atoms with Gasteiger partial charge in [0.2, 0.25) is 11.7 Å². The van der Waals surface area contributed by atoms with Crippen LogP contribution in [-0.4, -0.2) is 55.9 Å². The molecule has 0 aliphatic carbocycles. The average Bonchev–Trinajstić information content (AvgIpc) is 3.46. The van der Waals surface area contributed by atoms with Crippen molar-refractivity contribution >= 4 is 34.9 Å². The predicted octanol–water partition coefficient (Wildman–Crippen LogP) is 3.95. The monoisotopic (exact) mass is 464 g/mol. The van der Waals surface area contributed by atoms with Crippen LogP contribution in [0.4, 0.5) is 0 Å². The van der Waals surface area contributed by atoms with Crippen LogP contribution in [-0.2, 0) is 4.79 Å². The first-order chi connectivity index (χ1) is 14.9. The third kappa shape index (κ3) is 4.77. The number of benzene rings is 1. The smallest absolute Gasteiger partial charge is 0.256 e. The van der Waals surface area contributed by atoms with E-state index in [1.54, 1.807) is 40.1 Å². The first kappa shape index (κ1) is 23.3. The van der Waals surface area contributed by atoms with Crippen LogP contribution < -0.4 is 19.5 Å². The summed E-state index contributed by atoms with van der Waals surface area (Å²) in [6, 6.07) is 6.67. The predicted molar refractivity (Wildman–Crippen MR) is 123 cm³/mol. The minimum absolute atomic E-state index is 0.0383. The number of thioether (sulfide) groups is 1. The van der Waals surface area contributed by atoms with E-state index in [0.717, 1.165) is 11.3 Å². The van der Waals surface area contributed by atoms with Crippen molar-refractivity contribution in [2.45, 2.75) is 37.7 Å². The molecule has 3 atom stereocenters. The van der Waals surface area contributed by atoms with Crippen molar-refractivity contribution < 1.29 is 23.8 Å². The molecule has 1 aromatic heterocycles. The molecule has 1 N–H and O–H groups in total. The van der Waals surface area contributed by atoms with E-state index in [-0.39, 0.29) is 23.2 Å². The van der Waals surface area contributed by atoms with Crippen molar-refractivity contribution in [3.8, 4) is 17.2 Å². The zero-order valence-electron chi connectivity index (χ0n) is 18.3. The van der Waals surface area contributed by atoms with E-state index in [2.05, 4.69) is 5.32 Å². The lowest BCUT2D eigenvalue weighted by atomic mass is 10.1. The van der Waals surface area contributed by atoms with Crippen LogP contribution in [0.15, 0.2) is 29.6 Å². The quantitative estimate of drug-likeness (QED) is 0.638. The van der Waals surface area contributed by atoms with Crippen LogP contribution in [0.5, 0.6) is 17.2 Å². The molecular formula is C22H28N2O5S2. The summed E-state index contributed by atoms with van der Waals surface area (Å²) in [5.74, 6) is 1.34. The topological polar surface area (TPSA) is 77.1 Å². The molecule has 1 fully saturated rings. The zero-order valence-corrected chi connectivity index (χ0v) is 20.0. The summed E-state index contributed by atoms with van der Waals surface area (Å²) in [6.45, 7) is 3.98. The Balaban J connectivity index is 2.01. The van der Waals surface area contributed by atoms with E-state index in [9.17, 15) is 9.59 Å². The number of nitrogens with one attached hydrogen (secondary N) is 1. The molecule has 3 unspecified atom stereocenters. The van der Waals surface area contributed by atoms with Gasteiger partial charge in [0.25, 0.3) is 5.91 Å². The molecule has 2 heterocycles. The standard InChI is InChI=1S/C22H28N2O5S2/c1-6-13(2)23-20(25)15-12-31-22(18-8-7-9-30-18)24(15)21(26)14-10-16(27-3)19(29-5)17(11-14)28-4/h7-11,13,15,22H,6,12H2,1-5H3,(H,23,25). The van der Waals surface area contributed by atoms with Crippen LogP contribution in [0.25, 0.3) is 0 Å². The highest BCUT2D eigenvalue weighted by Crippen LogP contribution is 2.45. The molecular weight excluding hydrogens is 436 g/mol. The first-order valence-corrected chi connectivity index (χ1v) is 12.0. The van der Waals surface area contributed by atoms with Crippen LogP contribution >= 0.6 is 23.1 Å². The second kappa shape index (κ2) is 10.3. The minimum atomic E-state index is -0.572. The van der Waals surface area contributed by atoms with Gasteiger partial charge in [-0.3, -0.25) is 9.59 Å². The summed E-state index contributed by atoms with van der Waals surface area (Å²) >= 11 is 3.17. The lowest BCUT2D eigenvalue weighted by Crippen LogP contribution is -2.49. The lowest BCUT2D eigenvalue weighted by Gasteiger charge is -2.29. The largest absolute Gasteiger partial charge is 0.493 e. The van der Waals surface area contributed by atoms with Gasteiger partial charge in [0.05, 0.1) is 21.3 Å². The second-order valence-corrected chi connectivity index (χ2v) is 9.25. The highest BCUT2D eigenvalue weighted by Gasteiger charge is 2.43. The van der Waals surface area contributed by atoms with Gasteiger partial charge in [0, 0.05) is 22.2 Å². The Kier molecular flexibility index (Phi) is 7.72. The molecule has 7 nitrogen and oxygen atoms in total. The Morgan fingerprint density at radius 2 is 1.87 bits per heavy atom. The van der Waals surface area contributed by atoms with Crippen LogP contribution in [0, 0.1) is 0 Å². The van der Waals surface area contributed by atoms with Crippen molar-refractivity contribution in [3.63, 3.8) is 0 Å². The van der Waals surface area contributed by atoms with E-state index in [1.807, 2.05) is 31.4 Å². The van der Waals surface area contributed by atoms with Crippen molar-refractivity contribution in [2.75, 3.05) is 27.1 Å². The zero-order chi connectivity index (χ0) is 22.5. The normalized spacial score (nSPS) is 19.1. The number of carbonyl (C=O) groups is 2. The number of ether oxygens (including phenoxy) is 3. The first-order valence-electron chi connectivity index (χ1n) is 10.0. The van der Waals surface area contributed by atoms with Gasteiger partial charge in [-0.05, 0) is 36.9 Å². The molecule has 0 radical (unpaired) electrons. The van der Waals surface area contributed by atoms with Crippen LogP contribution in [0.2, 0.25) is 0 Å². The van der Waals surface area contributed by atoms with Gasteiger partial charge in [0.1, 0.15) is 11.4 Å². The molecule has 2 aromatic rings. The van der Waals surface area contributed by atoms with E-state index in [0.29, 0.717) is 28.6 Å². The third-order valence-electron chi connectivity index (χ3n) is 5.24. The molecule has 1 aromatic carbocycles. The van der Waals surface area contributed by atoms with Gasteiger partial charge in [-0.1, -0.05) is 13.0 Å². The SMILES string of the molecule is CCC(C)NC(=O)C1CSC(c2cccs2)N1C(=O)c1cc(OC)c(OC)c(OC)c1. The Labute approximate surface area is 191 Å². The van der Waals surface area contributed by atoms with Crippen LogP contribution in [0.3, 0.4) is 0 Å². The number of hydrogen-bond donors (Lipinski definition) is 1. The summed E-state index contributed by atoms with van der Waals surface area (Å²) in [7, 11) is 4.53. The van der Waals surface area contributed by atoms with Gasteiger partial charge in [0.15, 0.2) is 11.5 Å². The fraction of sp³-hybridized carbons (Fsp3) is 0.455. The van der Waals surface area contributed by atoms with Crippen molar-refractivity contribution in [3.05, 3.63) is 40.1 Å².